The van der Waals surface area contributed by atoms with Gasteiger partial charge in [0.2, 0.25) is 5.91 Å². The third-order valence-electron chi connectivity index (χ3n) is 11.2. The van der Waals surface area contributed by atoms with Crippen molar-refractivity contribution in [2.24, 2.45) is 52.3 Å². The summed E-state index contributed by atoms with van der Waals surface area (Å²) in [7, 11) is 0. The number of hydrogen-bond donors (Lipinski definition) is 1. The van der Waals surface area contributed by atoms with E-state index in [1.807, 2.05) is 0 Å². The van der Waals surface area contributed by atoms with Crippen molar-refractivity contribution in [1.82, 2.24) is 5.32 Å². The van der Waals surface area contributed by atoms with Crippen molar-refractivity contribution in [2.75, 3.05) is 0 Å². The van der Waals surface area contributed by atoms with Gasteiger partial charge in [-0.1, -0.05) is 66.7 Å². The molecule has 0 aliphatic heterocycles. The van der Waals surface area contributed by atoms with Gasteiger partial charge in [-0.2, -0.15) is 0 Å². The van der Waals surface area contributed by atoms with Crippen LogP contribution in [-0.4, -0.2) is 11.9 Å². The summed E-state index contributed by atoms with van der Waals surface area (Å²) in [6, 6.07) is 0.425. The first-order valence-corrected chi connectivity index (χ1v) is 13.9. The first-order valence-electron chi connectivity index (χ1n) is 13.9. The lowest BCUT2D eigenvalue weighted by molar-refractivity contribution is -0.136. The van der Waals surface area contributed by atoms with Crippen LogP contribution in [0.3, 0.4) is 0 Å². The van der Waals surface area contributed by atoms with Gasteiger partial charge in [0.15, 0.2) is 0 Å². The van der Waals surface area contributed by atoms with E-state index in [0.29, 0.717) is 22.8 Å². The minimum absolute atomic E-state index is 0.193. The number of amides is 1. The molecule has 9 atom stereocenters. The molecule has 0 spiro atoms. The van der Waals surface area contributed by atoms with Crippen molar-refractivity contribution in [3.8, 4) is 0 Å². The van der Waals surface area contributed by atoms with E-state index in [1.165, 1.54) is 77.0 Å². The molecule has 0 aromatic rings. The van der Waals surface area contributed by atoms with Crippen molar-refractivity contribution in [3.63, 3.8) is 0 Å². The van der Waals surface area contributed by atoms with Gasteiger partial charge < -0.3 is 5.32 Å². The van der Waals surface area contributed by atoms with Crippen LogP contribution in [0.2, 0.25) is 0 Å². The average molecular weight is 430 g/mol. The molecule has 0 bridgehead atoms. The van der Waals surface area contributed by atoms with Crippen molar-refractivity contribution in [2.45, 2.75) is 125 Å². The molecule has 2 heteroatoms. The topological polar surface area (TPSA) is 29.1 Å². The zero-order valence-corrected chi connectivity index (χ0v) is 21.5. The van der Waals surface area contributed by atoms with E-state index >= 15 is 0 Å². The van der Waals surface area contributed by atoms with Crippen LogP contribution in [0.5, 0.6) is 0 Å². The Kier molecular flexibility index (Phi) is 6.87. The lowest BCUT2D eigenvalue weighted by Gasteiger charge is -2.62. The maximum atomic E-state index is 12.1. The Morgan fingerprint density at radius 1 is 0.903 bits per heavy atom. The van der Waals surface area contributed by atoms with E-state index in [4.69, 9.17) is 0 Å². The molecule has 0 aromatic heterocycles. The number of fused-ring (bicyclic) bond motifs is 5. The van der Waals surface area contributed by atoms with Gasteiger partial charge in [0.25, 0.3) is 0 Å². The maximum absolute atomic E-state index is 12.1. The Labute approximate surface area is 193 Å². The van der Waals surface area contributed by atoms with Crippen molar-refractivity contribution < 1.29 is 4.79 Å². The standard InChI is InChI=1S/C29H51NO/c1-19(2)10-9-11-20(3)23-13-14-24-22-18-27(30-21(4)31)26-12-7-8-16-28(26,5)25(22)15-17-29(23,24)6/h19-20,22-27H,7-18H2,1-6H3,(H,30,31)/t20-,22-,23+,24+,25-,26-,27+,28-,29-/m1/s1. The molecule has 4 aliphatic rings. The second-order valence-corrected chi connectivity index (χ2v) is 13.3. The van der Waals surface area contributed by atoms with E-state index in [2.05, 4.69) is 39.9 Å². The summed E-state index contributed by atoms with van der Waals surface area (Å²) in [5.41, 5.74) is 0.994. The summed E-state index contributed by atoms with van der Waals surface area (Å²) in [5, 5.41) is 3.47. The molecule has 178 valence electrons. The van der Waals surface area contributed by atoms with Crippen LogP contribution in [-0.2, 0) is 4.79 Å². The summed E-state index contributed by atoms with van der Waals surface area (Å²) in [5.74, 6) is 6.16. The number of carbonyl (C=O) groups is 1. The van der Waals surface area contributed by atoms with Crippen LogP contribution in [0.1, 0.15) is 119 Å². The summed E-state index contributed by atoms with van der Waals surface area (Å²) < 4.78 is 0. The molecule has 4 fully saturated rings. The van der Waals surface area contributed by atoms with E-state index < -0.39 is 0 Å². The monoisotopic (exact) mass is 429 g/mol. The highest BCUT2D eigenvalue weighted by Gasteiger charge is 2.61. The Balaban J connectivity index is 1.54. The second kappa shape index (κ2) is 9.02. The molecule has 0 heterocycles. The zero-order chi connectivity index (χ0) is 22.4. The predicted molar refractivity (Wildman–Crippen MR) is 131 cm³/mol. The average Bonchev–Trinajstić information content (AvgIpc) is 3.04. The Morgan fingerprint density at radius 2 is 1.65 bits per heavy atom. The number of hydrogen-bond acceptors (Lipinski definition) is 1. The largest absolute Gasteiger partial charge is 0.353 e. The molecular weight excluding hydrogens is 378 g/mol. The molecule has 4 rings (SSSR count). The van der Waals surface area contributed by atoms with Crippen LogP contribution in [0.25, 0.3) is 0 Å². The number of rotatable bonds is 6. The minimum atomic E-state index is 0.193. The summed E-state index contributed by atoms with van der Waals surface area (Å²) in [6.07, 6.45) is 16.8. The Hall–Kier alpha value is -0.530. The highest BCUT2D eigenvalue weighted by atomic mass is 16.1. The number of nitrogens with one attached hydrogen (secondary N) is 1. The van der Waals surface area contributed by atoms with Gasteiger partial charge in [-0.3, -0.25) is 4.79 Å². The molecule has 4 aliphatic carbocycles. The first-order chi connectivity index (χ1) is 14.7. The van der Waals surface area contributed by atoms with Crippen LogP contribution in [0.15, 0.2) is 0 Å². The molecule has 1 amide bonds. The van der Waals surface area contributed by atoms with Gasteiger partial charge in [0.05, 0.1) is 0 Å². The lowest BCUT2D eigenvalue weighted by Crippen LogP contribution is -2.60. The molecule has 4 saturated carbocycles. The minimum Gasteiger partial charge on any atom is -0.353 e. The maximum Gasteiger partial charge on any atom is 0.217 e. The first kappa shape index (κ1) is 23.6. The number of carbonyl (C=O) groups excluding carboxylic acids is 1. The quantitative estimate of drug-likeness (QED) is 0.462. The molecule has 2 nitrogen and oxygen atoms in total. The van der Waals surface area contributed by atoms with Crippen LogP contribution in [0, 0.1) is 52.3 Å². The fraction of sp³-hybridized carbons (Fsp3) is 0.966. The molecule has 0 radical (unpaired) electrons. The van der Waals surface area contributed by atoms with Crippen LogP contribution < -0.4 is 5.32 Å². The molecule has 0 unspecified atom stereocenters. The zero-order valence-electron chi connectivity index (χ0n) is 21.5. The molecular formula is C29H51NO. The normalized spacial score (nSPS) is 45.5. The Morgan fingerprint density at radius 3 is 2.35 bits per heavy atom. The van der Waals surface area contributed by atoms with Gasteiger partial charge >= 0.3 is 0 Å². The SMILES string of the molecule is CC(=O)N[C@H]1C[C@H]2[C@@H](CC[C@@]3(C)[C@H]2CC[C@H]3[C@H](C)CCCC(C)C)[C@@]2(C)CCCC[C@H]12. The van der Waals surface area contributed by atoms with E-state index in [0.717, 1.165) is 35.5 Å². The molecule has 0 aromatic carbocycles. The summed E-state index contributed by atoms with van der Waals surface area (Å²) >= 11 is 0. The fourth-order valence-corrected chi connectivity index (χ4v) is 9.84. The molecule has 1 N–H and O–H groups in total. The lowest BCUT2D eigenvalue weighted by atomic mass is 9.43. The highest BCUT2D eigenvalue weighted by molar-refractivity contribution is 5.73. The third-order valence-corrected chi connectivity index (χ3v) is 11.2. The second-order valence-electron chi connectivity index (χ2n) is 13.3. The van der Waals surface area contributed by atoms with Gasteiger partial charge in [0.1, 0.15) is 0 Å². The van der Waals surface area contributed by atoms with Crippen LogP contribution in [0.4, 0.5) is 0 Å². The van der Waals surface area contributed by atoms with Gasteiger partial charge in [-0.05, 0) is 97.2 Å². The summed E-state index contributed by atoms with van der Waals surface area (Å²) in [6.45, 7) is 14.4. The highest BCUT2D eigenvalue weighted by Crippen LogP contribution is 2.68. The fourth-order valence-electron chi connectivity index (χ4n) is 9.84. The molecule has 31 heavy (non-hydrogen) atoms. The van der Waals surface area contributed by atoms with Crippen molar-refractivity contribution in [1.29, 1.82) is 0 Å². The van der Waals surface area contributed by atoms with E-state index in [9.17, 15) is 4.79 Å². The predicted octanol–water partition coefficient (Wildman–Crippen LogP) is 7.61. The molecule has 0 saturated heterocycles. The Bertz CT molecular complexity index is 643. The van der Waals surface area contributed by atoms with Gasteiger partial charge in [0, 0.05) is 13.0 Å². The van der Waals surface area contributed by atoms with Gasteiger partial charge in [-0.25, -0.2) is 0 Å². The van der Waals surface area contributed by atoms with E-state index in [-0.39, 0.29) is 5.91 Å². The van der Waals surface area contributed by atoms with Crippen LogP contribution >= 0.6 is 0 Å². The van der Waals surface area contributed by atoms with Gasteiger partial charge in [-0.15, -0.1) is 0 Å². The summed E-state index contributed by atoms with van der Waals surface area (Å²) in [4.78, 5) is 12.1. The smallest absolute Gasteiger partial charge is 0.217 e. The van der Waals surface area contributed by atoms with Crippen molar-refractivity contribution in [3.05, 3.63) is 0 Å². The van der Waals surface area contributed by atoms with E-state index in [1.54, 1.807) is 6.92 Å². The third kappa shape index (κ3) is 4.23. The van der Waals surface area contributed by atoms with Crippen molar-refractivity contribution >= 4 is 5.91 Å².